The van der Waals surface area contributed by atoms with Crippen molar-refractivity contribution in [2.24, 2.45) is 0 Å². The summed E-state index contributed by atoms with van der Waals surface area (Å²) >= 11 is 0. The highest BCUT2D eigenvalue weighted by molar-refractivity contribution is 6.18. The highest BCUT2D eigenvalue weighted by atomic mass is 19.4. The molecule has 11 aromatic carbocycles. The number of alkyl halides is 24. The maximum absolute atomic E-state index is 15.8. The molecule has 0 spiro atoms. The van der Waals surface area contributed by atoms with Crippen LogP contribution in [-0.2, 0) is 49.4 Å². The number of hydrogen-bond donors (Lipinski definition) is 0. The van der Waals surface area contributed by atoms with Crippen LogP contribution in [0, 0.1) is 11.3 Å². The van der Waals surface area contributed by atoms with E-state index in [0.29, 0.717) is 115 Å². The number of para-hydroxylation sites is 2. The van der Waals surface area contributed by atoms with Gasteiger partial charge in [-0.2, -0.15) is 111 Å². The summed E-state index contributed by atoms with van der Waals surface area (Å²) in [7, 11) is 0. The molecule has 30 heteroatoms. The van der Waals surface area contributed by atoms with E-state index in [-0.39, 0.29) is 21.8 Å². The van der Waals surface area contributed by atoms with Gasteiger partial charge in [0.2, 0.25) is 0 Å². The van der Waals surface area contributed by atoms with Crippen LogP contribution in [0.1, 0.15) is 50.1 Å². The molecule has 6 nitrogen and oxygen atoms in total. The lowest BCUT2D eigenvalue weighted by Crippen LogP contribution is -2.19. The van der Waals surface area contributed by atoms with Crippen molar-refractivity contribution in [3.05, 3.63) is 244 Å². The first-order valence-electron chi connectivity index (χ1n) is 30.7. The lowest BCUT2D eigenvalue weighted by molar-refractivity contribution is -0.138. The van der Waals surface area contributed by atoms with Gasteiger partial charge in [-0.3, -0.25) is 0 Å². The van der Waals surface area contributed by atoms with Crippen molar-refractivity contribution in [1.29, 1.82) is 5.26 Å². The standard InChI is InChI=1S/C75H32F24N6/c76-68(77,78)34-9-17-44-45-18-10-35(69(79,80)81)26-56(45)102(55(44)25-34)63-52(33-100)64(103-57-27-36(70(82,83)84)11-19-46(57)47-20-12-37(28-58(47)103)71(85,86)87)66(105-61-31-40(74(94,95)96)15-23-50(61)51-24-16-41(32-62(51)105)75(97,98)99)67(101-53-7-3-1-5-42(53)43-6-2-4-8-54(43)101)65(63)104-59-29-38(72(88,89)90)13-21-48(59)49-22-14-39(30-60(49)104)73(91,92)93/h1-32H. The summed E-state index contributed by atoms with van der Waals surface area (Å²) < 4.78 is 380. The highest BCUT2D eigenvalue weighted by Crippen LogP contribution is 2.55. The Morgan fingerprint density at radius 1 is 0.190 bits per heavy atom. The van der Waals surface area contributed by atoms with Gasteiger partial charge in [-0.05, 0) is 109 Å². The van der Waals surface area contributed by atoms with E-state index in [0.717, 1.165) is 53.1 Å². The molecule has 0 saturated carbocycles. The molecule has 0 radical (unpaired) electrons. The second kappa shape index (κ2) is 22.1. The first kappa shape index (κ1) is 67.7. The minimum atomic E-state index is -5.48. The Hall–Kier alpha value is -11.8. The van der Waals surface area contributed by atoms with Gasteiger partial charge in [-0.25, -0.2) is 0 Å². The van der Waals surface area contributed by atoms with Crippen molar-refractivity contribution in [3.8, 4) is 34.5 Å². The summed E-state index contributed by atoms with van der Waals surface area (Å²) in [5.74, 6) is 0. The number of hydrogen-bond acceptors (Lipinski definition) is 1. The number of nitrogens with zero attached hydrogens (tertiary/aromatic N) is 6. The number of fused-ring (bicyclic) bond motifs is 15. The largest absolute Gasteiger partial charge is 0.416 e. The average molecular weight is 1470 g/mol. The van der Waals surface area contributed by atoms with E-state index in [9.17, 15) is 5.26 Å². The third-order valence-corrected chi connectivity index (χ3v) is 18.9. The van der Waals surface area contributed by atoms with Gasteiger partial charge in [0.1, 0.15) is 11.6 Å². The van der Waals surface area contributed by atoms with Crippen LogP contribution in [-0.4, -0.2) is 22.8 Å². The summed E-state index contributed by atoms with van der Waals surface area (Å²) in [6.45, 7) is 0. The maximum Gasteiger partial charge on any atom is 0.416 e. The predicted octanol–water partition coefficient (Wildman–Crippen LogP) is 25.2. The molecule has 0 N–H and O–H groups in total. The molecule has 530 valence electrons. The molecule has 105 heavy (non-hydrogen) atoms. The van der Waals surface area contributed by atoms with Crippen LogP contribution >= 0.6 is 0 Å². The summed E-state index contributed by atoms with van der Waals surface area (Å²) in [6, 6.07) is 24.5. The Bertz CT molecular complexity index is 5820. The SMILES string of the molecule is N#Cc1c(-n2c3cc(C(F)(F)F)ccc3c3ccc(C(F)(F)F)cc32)c(-n2c3cc(C(F)(F)F)ccc3c3ccc(C(F)(F)F)cc32)c(-n2c3ccccc3c3ccccc32)c(-n2c3cc(C(F)(F)F)ccc3c3ccc(C(F)(F)F)cc32)c1-n1c2cc(C(F)(F)F)ccc2c2ccc(C(F)(F)F)cc21. The van der Waals surface area contributed by atoms with Crippen LogP contribution in [0.4, 0.5) is 105 Å². The second-order valence-electron chi connectivity index (χ2n) is 24.8. The second-order valence-corrected chi connectivity index (χ2v) is 24.8. The van der Waals surface area contributed by atoms with Gasteiger partial charge in [-0.1, -0.05) is 84.9 Å². The molecule has 0 aliphatic carbocycles. The van der Waals surface area contributed by atoms with Gasteiger partial charge in [0.15, 0.2) is 0 Å². The topological polar surface area (TPSA) is 48.4 Å². The normalized spacial score (nSPS) is 13.5. The molecule has 0 saturated heterocycles. The molecule has 0 aliphatic heterocycles. The molecule has 0 unspecified atom stereocenters. The van der Waals surface area contributed by atoms with Gasteiger partial charge in [-0.15, -0.1) is 0 Å². The fourth-order valence-corrected chi connectivity index (χ4v) is 14.5. The number of benzene rings is 11. The van der Waals surface area contributed by atoms with Gasteiger partial charge < -0.3 is 22.8 Å². The fourth-order valence-electron chi connectivity index (χ4n) is 14.5. The van der Waals surface area contributed by atoms with E-state index in [1.165, 1.54) is 48.5 Å². The van der Waals surface area contributed by atoms with Crippen LogP contribution < -0.4 is 0 Å². The minimum Gasteiger partial charge on any atom is -0.306 e. The van der Waals surface area contributed by atoms with Gasteiger partial charge >= 0.3 is 49.4 Å². The Kier molecular flexibility index (Phi) is 14.3. The minimum absolute atomic E-state index is 0.0438. The lowest BCUT2D eigenvalue weighted by Gasteiger charge is -2.30. The predicted molar refractivity (Wildman–Crippen MR) is 343 cm³/mol. The van der Waals surface area contributed by atoms with E-state index < -0.39 is 215 Å². The van der Waals surface area contributed by atoms with E-state index in [1.807, 2.05) is 0 Å². The maximum atomic E-state index is 15.8. The highest BCUT2D eigenvalue weighted by Gasteiger charge is 2.43. The van der Waals surface area contributed by atoms with Crippen molar-refractivity contribution in [1.82, 2.24) is 22.8 Å². The average Bonchev–Trinajstić information content (AvgIpc) is 1.55. The quantitative estimate of drug-likeness (QED) is 0.158. The summed E-state index contributed by atoms with van der Waals surface area (Å²) in [4.78, 5) is 0. The molecule has 0 aliphatic rings. The molecule has 0 fully saturated rings. The number of nitriles is 1. The molecule has 0 atom stereocenters. The molecule has 0 bridgehead atoms. The van der Waals surface area contributed by atoms with Crippen LogP contribution in [0.5, 0.6) is 0 Å². The Morgan fingerprint density at radius 3 is 0.524 bits per heavy atom. The fraction of sp³-hybridized carbons (Fsp3) is 0.107. The van der Waals surface area contributed by atoms with Crippen LogP contribution in [0.25, 0.3) is 137 Å². The van der Waals surface area contributed by atoms with Gasteiger partial charge in [0, 0.05) is 53.9 Å². The van der Waals surface area contributed by atoms with Crippen molar-refractivity contribution >= 4 is 109 Å². The zero-order valence-corrected chi connectivity index (χ0v) is 51.7. The van der Waals surface area contributed by atoms with Crippen molar-refractivity contribution in [2.75, 3.05) is 0 Å². The van der Waals surface area contributed by atoms with E-state index in [1.54, 1.807) is 6.07 Å². The molecule has 5 heterocycles. The van der Waals surface area contributed by atoms with E-state index >= 15 is 105 Å². The Morgan fingerprint density at radius 2 is 0.343 bits per heavy atom. The summed E-state index contributed by atoms with van der Waals surface area (Å²) in [5.41, 5.74) is -28.9. The van der Waals surface area contributed by atoms with Crippen molar-refractivity contribution in [2.45, 2.75) is 49.4 Å². The molecule has 5 aromatic heterocycles. The van der Waals surface area contributed by atoms with Crippen molar-refractivity contribution in [3.63, 3.8) is 0 Å². The monoisotopic (exact) mass is 1470 g/mol. The number of rotatable bonds is 5. The van der Waals surface area contributed by atoms with E-state index in [2.05, 4.69) is 0 Å². The molecule has 16 rings (SSSR count). The first-order chi connectivity index (χ1) is 49.1. The third kappa shape index (κ3) is 10.4. The zero-order chi connectivity index (χ0) is 74.9. The molecule has 16 aromatic rings. The number of halogens is 24. The smallest absolute Gasteiger partial charge is 0.306 e. The van der Waals surface area contributed by atoms with Crippen LogP contribution in [0.15, 0.2) is 194 Å². The van der Waals surface area contributed by atoms with E-state index in [4.69, 9.17) is 0 Å². The summed E-state index contributed by atoms with van der Waals surface area (Å²) in [5, 5.41) is 8.99. The summed E-state index contributed by atoms with van der Waals surface area (Å²) in [6.07, 6.45) is -43.9. The zero-order valence-electron chi connectivity index (χ0n) is 51.7. The Labute approximate surface area is 568 Å². The number of aromatic nitrogens is 5. The first-order valence-corrected chi connectivity index (χ1v) is 30.7. The third-order valence-electron chi connectivity index (χ3n) is 18.9. The van der Waals surface area contributed by atoms with Crippen LogP contribution in [0.3, 0.4) is 0 Å². The van der Waals surface area contributed by atoms with Crippen LogP contribution in [0.2, 0.25) is 0 Å². The van der Waals surface area contributed by atoms with Gasteiger partial charge in [0.25, 0.3) is 0 Å². The lowest BCUT2D eigenvalue weighted by atomic mass is 10.0. The molecular formula is C75H32F24N6. The van der Waals surface area contributed by atoms with Crippen molar-refractivity contribution < 1.29 is 105 Å². The molecule has 0 amide bonds. The molecular weight excluding hydrogens is 1440 g/mol. The van der Waals surface area contributed by atoms with Gasteiger partial charge in [0.05, 0.1) is 128 Å². The Balaban J connectivity index is 1.36.